The van der Waals surface area contributed by atoms with Crippen LogP contribution in [0.4, 0.5) is 0 Å². The van der Waals surface area contributed by atoms with Gasteiger partial charge in [0.05, 0.1) is 0 Å². The number of alkyl halides is 1. The van der Waals surface area contributed by atoms with Gasteiger partial charge in [0.1, 0.15) is 11.0 Å². The van der Waals surface area contributed by atoms with Crippen molar-refractivity contribution in [1.29, 1.82) is 0 Å². The molecule has 1 aliphatic heterocycles. The molecule has 0 N–H and O–H groups in total. The molecule has 1 atom stereocenters. The van der Waals surface area contributed by atoms with Crippen LogP contribution in [0.1, 0.15) is 43.8 Å². The van der Waals surface area contributed by atoms with E-state index in [1.807, 2.05) is 6.92 Å². The lowest BCUT2D eigenvalue weighted by Crippen LogP contribution is -2.37. The van der Waals surface area contributed by atoms with Crippen molar-refractivity contribution in [3.63, 3.8) is 0 Å². The highest BCUT2D eigenvalue weighted by Crippen LogP contribution is 2.35. The highest BCUT2D eigenvalue weighted by Gasteiger charge is 2.40. The minimum absolute atomic E-state index is 0.283. The van der Waals surface area contributed by atoms with E-state index in [9.17, 15) is 0 Å². The zero-order chi connectivity index (χ0) is 12.3. The molecule has 1 aromatic heterocycles. The number of rotatable bonds is 4. The number of nitrogens with zero attached hydrogens (tertiary/aromatic N) is 2. The smallest absolute Gasteiger partial charge is 0.244 e. The first kappa shape index (κ1) is 12.8. The molecule has 0 aromatic carbocycles. The van der Waals surface area contributed by atoms with E-state index in [-0.39, 0.29) is 5.38 Å². The van der Waals surface area contributed by atoms with Crippen LogP contribution in [0.2, 0.25) is 0 Å². The quantitative estimate of drug-likeness (QED) is 0.778. The summed E-state index contributed by atoms with van der Waals surface area (Å²) in [5, 5.41) is 3.72. The molecule has 1 fully saturated rings. The van der Waals surface area contributed by atoms with E-state index in [4.69, 9.17) is 25.6 Å². The Balaban J connectivity index is 2.24. The van der Waals surface area contributed by atoms with Crippen molar-refractivity contribution >= 4 is 11.6 Å². The summed E-state index contributed by atoms with van der Waals surface area (Å²) in [4.78, 5) is 4.33. The van der Waals surface area contributed by atoms with Crippen LogP contribution < -0.4 is 0 Å². The van der Waals surface area contributed by atoms with E-state index < -0.39 is 5.60 Å². The van der Waals surface area contributed by atoms with Gasteiger partial charge < -0.3 is 14.0 Å². The Hall–Kier alpha value is -0.650. The maximum absolute atomic E-state index is 5.92. The summed E-state index contributed by atoms with van der Waals surface area (Å²) in [6.45, 7) is 5.68. The summed E-state index contributed by atoms with van der Waals surface area (Å²) in [7, 11) is 0. The van der Waals surface area contributed by atoms with Crippen LogP contribution in [0, 0.1) is 0 Å². The Labute approximate surface area is 105 Å². The van der Waals surface area contributed by atoms with Crippen LogP contribution in [-0.2, 0) is 15.1 Å². The van der Waals surface area contributed by atoms with Crippen molar-refractivity contribution in [2.24, 2.45) is 0 Å². The third kappa shape index (κ3) is 2.61. The Morgan fingerprint density at radius 3 is 2.71 bits per heavy atom. The van der Waals surface area contributed by atoms with Crippen LogP contribution in [0.5, 0.6) is 0 Å². The molecule has 2 heterocycles. The molecule has 96 valence electrons. The number of hydrogen-bond donors (Lipinski definition) is 0. The van der Waals surface area contributed by atoms with E-state index in [2.05, 4.69) is 10.1 Å². The van der Waals surface area contributed by atoms with E-state index in [1.54, 1.807) is 6.92 Å². The van der Waals surface area contributed by atoms with Crippen LogP contribution in [0.15, 0.2) is 4.52 Å². The second-order valence-corrected chi connectivity index (χ2v) is 4.77. The molecule has 2 rings (SSSR count). The summed E-state index contributed by atoms with van der Waals surface area (Å²) < 4.78 is 16.3. The molecule has 0 radical (unpaired) electrons. The maximum atomic E-state index is 5.92. The fourth-order valence-corrected chi connectivity index (χ4v) is 2.08. The first-order valence-electron chi connectivity index (χ1n) is 5.88. The number of hydrogen-bond acceptors (Lipinski definition) is 5. The van der Waals surface area contributed by atoms with Crippen molar-refractivity contribution in [3.8, 4) is 0 Å². The predicted octanol–water partition coefficient (Wildman–Crippen LogP) is 2.41. The second-order valence-electron chi connectivity index (χ2n) is 4.11. The lowest BCUT2D eigenvalue weighted by molar-refractivity contribution is -0.118. The van der Waals surface area contributed by atoms with E-state index in [0.717, 1.165) is 12.8 Å². The molecule has 0 saturated carbocycles. The molecule has 0 bridgehead atoms. The molecular formula is C11H17ClN2O3. The van der Waals surface area contributed by atoms with Crippen LogP contribution >= 0.6 is 11.6 Å². The Bertz CT molecular complexity index is 356. The van der Waals surface area contributed by atoms with Gasteiger partial charge in [-0.1, -0.05) is 5.16 Å². The Kier molecular flexibility index (Phi) is 4.01. The average molecular weight is 261 g/mol. The number of ether oxygens (including phenoxy) is 2. The van der Waals surface area contributed by atoms with Gasteiger partial charge in [-0.3, -0.25) is 0 Å². The molecule has 0 aliphatic carbocycles. The lowest BCUT2D eigenvalue weighted by Gasteiger charge is -2.33. The van der Waals surface area contributed by atoms with Crippen molar-refractivity contribution in [2.45, 2.75) is 37.7 Å². The van der Waals surface area contributed by atoms with E-state index in [1.165, 1.54) is 0 Å². The van der Waals surface area contributed by atoms with Crippen LogP contribution in [0.25, 0.3) is 0 Å². The number of halogens is 1. The Morgan fingerprint density at radius 2 is 2.18 bits per heavy atom. The van der Waals surface area contributed by atoms with Gasteiger partial charge in [0.15, 0.2) is 0 Å². The van der Waals surface area contributed by atoms with Gasteiger partial charge >= 0.3 is 0 Å². The second kappa shape index (κ2) is 5.33. The monoisotopic (exact) mass is 260 g/mol. The maximum Gasteiger partial charge on any atom is 0.244 e. The minimum atomic E-state index is -0.472. The summed E-state index contributed by atoms with van der Waals surface area (Å²) in [6.07, 6.45) is 1.49. The van der Waals surface area contributed by atoms with Gasteiger partial charge in [-0.15, -0.1) is 11.6 Å². The molecule has 0 amide bonds. The summed E-state index contributed by atoms with van der Waals surface area (Å²) in [5.41, 5.74) is -0.472. The first-order valence-corrected chi connectivity index (χ1v) is 6.31. The molecule has 1 aliphatic rings. The largest absolute Gasteiger partial charge is 0.381 e. The van der Waals surface area contributed by atoms with Gasteiger partial charge in [0.25, 0.3) is 0 Å². The number of aromatic nitrogens is 2. The third-order valence-corrected chi connectivity index (χ3v) is 3.10. The molecule has 1 aromatic rings. The molecule has 1 unspecified atom stereocenters. The standard InChI is InChI=1S/C11H17ClN2O3/c1-3-16-11(4-6-15-7-5-11)10-13-9(8(2)12)17-14-10/h8H,3-7H2,1-2H3. The van der Waals surface area contributed by atoms with Crippen molar-refractivity contribution in [1.82, 2.24) is 10.1 Å². The fraction of sp³-hybridized carbons (Fsp3) is 0.818. The zero-order valence-corrected chi connectivity index (χ0v) is 10.9. The van der Waals surface area contributed by atoms with Crippen LogP contribution in [0.3, 0.4) is 0 Å². The summed E-state index contributed by atoms with van der Waals surface area (Å²) in [6, 6.07) is 0. The van der Waals surface area contributed by atoms with Gasteiger partial charge in [-0.05, 0) is 13.8 Å². The molecule has 17 heavy (non-hydrogen) atoms. The molecular weight excluding hydrogens is 244 g/mol. The highest BCUT2D eigenvalue weighted by molar-refractivity contribution is 6.20. The molecule has 5 nitrogen and oxygen atoms in total. The fourth-order valence-electron chi connectivity index (χ4n) is 1.99. The van der Waals surface area contributed by atoms with E-state index in [0.29, 0.717) is 31.5 Å². The minimum Gasteiger partial charge on any atom is -0.381 e. The van der Waals surface area contributed by atoms with Crippen molar-refractivity contribution < 1.29 is 14.0 Å². The van der Waals surface area contributed by atoms with Crippen molar-refractivity contribution in [3.05, 3.63) is 11.7 Å². The topological polar surface area (TPSA) is 57.4 Å². The molecule has 0 spiro atoms. The highest BCUT2D eigenvalue weighted by atomic mass is 35.5. The normalized spacial score (nSPS) is 21.4. The first-order chi connectivity index (χ1) is 8.18. The molecule has 1 saturated heterocycles. The Morgan fingerprint density at radius 1 is 1.47 bits per heavy atom. The van der Waals surface area contributed by atoms with Crippen molar-refractivity contribution in [2.75, 3.05) is 19.8 Å². The summed E-state index contributed by atoms with van der Waals surface area (Å²) in [5.74, 6) is 1.03. The van der Waals surface area contributed by atoms with Gasteiger partial charge in [-0.25, -0.2) is 0 Å². The SMILES string of the molecule is CCOC1(c2noc(C(C)Cl)n2)CCOCC1. The van der Waals surface area contributed by atoms with Gasteiger partial charge in [0.2, 0.25) is 11.7 Å². The van der Waals surface area contributed by atoms with Crippen LogP contribution in [-0.4, -0.2) is 30.0 Å². The molecule has 6 heteroatoms. The third-order valence-electron chi connectivity index (χ3n) is 2.91. The zero-order valence-electron chi connectivity index (χ0n) is 10.1. The lowest BCUT2D eigenvalue weighted by atomic mass is 9.93. The van der Waals surface area contributed by atoms with Gasteiger partial charge in [-0.2, -0.15) is 4.98 Å². The summed E-state index contributed by atoms with van der Waals surface area (Å²) >= 11 is 5.92. The van der Waals surface area contributed by atoms with Gasteiger partial charge in [0, 0.05) is 32.7 Å². The average Bonchev–Trinajstić information content (AvgIpc) is 2.80. The van der Waals surface area contributed by atoms with E-state index >= 15 is 0 Å². The predicted molar refractivity (Wildman–Crippen MR) is 61.9 cm³/mol.